The smallest absolute Gasteiger partial charge is 0.245 e. The van der Waals surface area contributed by atoms with E-state index >= 15 is 0 Å². The van der Waals surface area contributed by atoms with Gasteiger partial charge < -0.3 is 31.7 Å². The first-order valence-electron chi connectivity index (χ1n) is 14.7. The number of benzene rings is 2. The molecule has 2 aromatic carbocycles. The van der Waals surface area contributed by atoms with Crippen molar-refractivity contribution in [3.8, 4) is 5.75 Å². The van der Waals surface area contributed by atoms with E-state index in [0.717, 1.165) is 22.3 Å². The van der Waals surface area contributed by atoms with Gasteiger partial charge in [0.25, 0.3) is 0 Å². The summed E-state index contributed by atoms with van der Waals surface area (Å²) in [5.41, 5.74) is 9.03. The minimum Gasteiger partial charge on any atom is -0.508 e. The summed E-state index contributed by atoms with van der Waals surface area (Å²) >= 11 is 0. The van der Waals surface area contributed by atoms with Gasteiger partial charge in [0.05, 0.1) is 5.84 Å². The number of aryl methyl sites for hydroxylation is 2. The van der Waals surface area contributed by atoms with Crippen LogP contribution in [0.3, 0.4) is 0 Å². The average molecular weight is 643 g/mol. The maximum Gasteiger partial charge on any atom is 0.245 e. The topological polar surface area (TPSA) is 183 Å². The third kappa shape index (κ3) is 12.3. The maximum atomic E-state index is 13.7. The zero-order chi connectivity index (χ0) is 33.7. The monoisotopic (exact) mass is 642 g/mol. The molecule has 1 unspecified atom stereocenters. The van der Waals surface area contributed by atoms with Crippen LogP contribution in [0.15, 0.2) is 47.5 Å². The molecule has 6 N–H and O–H groups in total. The van der Waals surface area contributed by atoms with Gasteiger partial charge in [0, 0.05) is 62.7 Å². The number of likely N-dealkylation sites (N-methyl/N-ethyl adjacent to an activating group) is 1. The molecular weight excluding hydrogens is 596 g/mol. The highest BCUT2D eigenvalue weighted by Crippen LogP contribution is 2.23. The number of hydrogen-bond donors (Lipinski definition) is 5. The molecule has 13 heteroatoms. The summed E-state index contributed by atoms with van der Waals surface area (Å²) in [6.07, 6.45) is 1.98. The minimum atomic E-state index is -1.26. The van der Waals surface area contributed by atoms with Crippen LogP contribution in [0.5, 0.6) is 5.75 Å². The fourth-order valence-corrected chi connectivity index (χ4v) is 5.41. The van der Waals surface area contributed by atoms with Crippen molar-refractivity contribution in [1.29, 1.82) is 0 Å². The number of phenolic OH excluding ortho intramolecular Hbond substituents is 1. The summed E-state index contributed by atoms with van der Waals surface area (Å²) in [4.78, 5) is 58.4. The lowest BCUT2D eigenvalue weighted by atomic mass is 9.95. The normalized spacial score (nSPS) is 14.0. The Morgan fingerprint density at radius 3 is 2.16 bits per heavy atom. The second kappa shape index (κ2) is 17.9. The molecule has 0 fully saturated rings. The molecule has 0 saturated heterocycles. The van der Waals surface area contributed by atoms with Crippen molar-refractivity contribution in [3.63, 3.8) is 0 Å². The van der Waals surface area contributed by atoms with Crippen LogP contribution >= 0.6 is 0 Å². The molecule has 0 bridgehead atoms. The Balaban J connectivity index is 2.35. The number of nitrogens with one attached hydrogen (secondary N) is 3. The molecule has 0 radical (unpaired) electrons. The maximum absolute atomic E-state index is 13.7. The summed E-state index contributed by atoms with van der Waals surface area (Å²) in [6, 6.07) is 9.24. The van der Waals surface area contributed by atoms with Crippen LogP contribution < -0.4 is 21.7 Å². The standard InChI is InChI=1S/C32H46N6O6S/c1-20-16-24(39)17-21(2)25(20)19-27(35-22(3)33)31(42)36-26(13-15-45(6)44)30(41)37-28(18-23-10-8-7-9-11-23)32(43)38(5)14-12-29(40)34-4/h7-11,16-17,26-28,39H,12-15,18-19H2,1-6H3,(H2,33,35)(H,34,40)(H,36,42)(H,37,41)/t26-,27+,28+,45?/m1/s1. The van der Waals surface area contributed by atoms with Gasteiger partial charge in [-0.25, -0.2) is 0 Å². The molecule has 12 nitrogen and oxygen atoms in total. The van der Waals surface area contributed by atoms with Gasteiger partial charge >= 0.3 is 0 Å². The second-order valence-corrected chi connectivity index (χ2v) is 12.7. The summed E-state index contributed by atoms with van der Waals surface area (Å²) in [5, 5.41) is 18.0. The second-order valence-electron chi connectivity index (χ2n) is 11.1. The van der Waals surface area contributed by atoms with Gasteiger partial charge in [-0.05, 0) is 61.6 Å². The highest BCUT2D eigenvalue weighted by molar-refractivity contribution is 7.84. The van der Waals surface area contributed by atoms with Crippen molar-refractivity contribution in [2.24, 2.45) is 10.7 Å². The molecule has 0 heterocycles. The Labute approximate surface area is 267 Å². The molecule has 4 atom stereocenters. The van der Waals surface area contributed by atoms with Gasteiger partial charge in [-0.2, -0.15) is 0 Å². The van der Waals surface area contributed by atoms with Gasteiger partial charge in [-0.1, -0.05) is 30.3 Å². The van der Waals surface area contributed by atoms with Crippen LogP contribution in [0.4, 0.5) is 0 Å². The van der Waals surface area contributed by atoms with Gasteiger partial charge in [0.15, 0.2) is 0 Å². The van der Waals surface area contributed by atoms with Crippen molar-refractivity contribution >= 4 is 40.3 Å². The molecule has 246 valence electrons. The molecule has 0 aliphatic rings. The number of aliphatic imine (C=N–C) groups is 1. The zero-order valence-corrected chi connectivity index (χ0v) is 27.7. The average Bonchev–Trinajstić information content (AvgIpc) is 2.98. The van der Waals surface area contributed by atoms with E-state index in [9.17, 15) is 28.5 Å². The Morgan fingerprint density at radius 1 is 1.00 bits per heavy atom. The quantitative estimate of drug-likeness (QED) is 0.133. The fraction of sp³-hybridized carbons (Fsp3) is 0.469. The van der Waals surface area contributed by atoms with E-state index < -0.39 is 46.6 Å². The van der Waals surface area contributed by atoms with E-state index in [0.29, 0.717) is 0 Å². The first kappa shape index (κ1) is 36.9. The van der Waals surface area contributed by atoms with Gasteiger partial charge in [-0.3, -0.25) is 28.4 Å². The van der Waals surface area contributed by atoms with Crippen LogP contribution in [0.2, 0.25) is 0 Å². The predicted octanol–water partition coefficient (Wildman–Crippen LogP) is 0.873. The SMILES string of the molecule is CNC(=O)CCN(C)C(=O)[C@H](Cc1ccccc1)NC(=O)[C@@H](CCS(C)=O)NC(=O)[C@H](Cc1c(C)cc(O)cc1C)N=C(C)N. The first-order valence-corrected chi connectivity index (χ1v) is 16.4. The lowest BCUT2D eigenvalue weighted by Gasteiger charge is -2.27. The Morgan fingerprint density at radius 2 is 1.60 bits per heavy atom. The van der Waals surface area contributed by atoms with E-state index in [1.165, 1.54) is 18.2 Å². The highest BCUT2D eigenvalue weighted by Gasteiger charge is 2.31. The number of aromatic hydroxyl groups is 1. The van der Waals surface area contributed by atoms with Crippen LogP contribution in [-0.2, 0) is 42.8 Å². The highest BCUT2D eigenvalue weighted by atomic mass is 32.2. The lowest BCUT2D eigenvalue weighted by Crippen LogP contribution is -2.56. The third-order valence-corrected chi connectivity index (χ3v) is 8.10. The molecule has 4 amide bonds. The summed E-state index contributed by atoms with van der Waals surface area (Å²) in [7, 11) is 1.81. The van der Waals surface area contributed by atoms with Gasteiger partial charge in [0.2, 0.25) is 23.6 Å². The van der Waals surface area contributed by atoms with Crippen LogP contribution in [0.1, 0.15) is 42.0 Å². The van der Waals surface area contributed by atoms with Crippen LogP contribution in [-0.4, -0.2) is 94.5 Å². The zero-order valence-electron chi connectivity index (χ0n) is 26.9. The number of rotatable bonds is 16. The molecule has 0 aliphatic carbocycles. The number of nitrogens with two attached hydrogens (primary N) is 1. The predicted molar refractivity (Wildman–Crippen MR) is 176 cm³/mol. The molecule has 0 saturated carbocycles. The minimum absolute atomic E-state index is 0.0503. The summed E-state index contributed by atoms with van der Waals surface area (Å²) in [5.74, 6) is -1.41. The summed E-state index contributed by atoms with van der Waals surface area (Å²) < 4.78 is 12.0. The van der Waals surface area contributed by atoms with Crippen molar-refractivity contribution in [2.45, 2.75) is 64.6 Å². The van der Waals surface area contributed by atoms with Gasteiger partial charge in [-0.15, -0.1) is 0 Å². The Hall–Kier alpha value is -4.26. The van der Waals surface area contributed by atoms with Crippen LogP contribution in [0.25, 0.3) is 0 Å². The first-order chi connectivity index (χ1) is 21.2. The van der Waals surface area contributed by atoms with Crippen molar-refractivity contribution in [1.82, 2.24) is 20.9 Å². The summed E-state index contributed by atoms with van der Waals surface area (Å²) in [6.45, 7) is 5.33. The number of carbonyl (C=O) groups excluding carboxylic acids is 4. The Kier molecular flexibility index (Phi) is 14.7. The van der Waals surface area contributed by atoms with Gasteiger partial charge in [0.1, 0.15) is 23.9 Å². The van der Waals surface area contributed by atoms with E-state index in [4.69, 9.17) is 5.73 Å². The largest absolute Gasteiger partial charge is 0.508 e. The van der Waals surface area contributed by atoms with Crippen LogP contribution in [0, 0.1) is 13.8 Å². The molecule has 2 rings (SSSR count). The molecule has 0 spiro atoms. The van der Waals surface area contributed by atoms with E-state index in [-0.39, 0.29) is 55.5 Å². The number of amidine groups is 1. The molecular formula is C32H46N6O6S. The number of carbonyl (C=O) groups is 4. The number of nitrogens with zero attached hydrogens (tertiary/aromatic N) is 2. The van der Waals surface area contributed by atoms with E-state index in [1.807, 2.05) is 44.2 Å². The Bertz CT molecular complexity index is 1370. The molecule has 45 heavy (non-hydrogen) atoms. The third-order valence-electron chi connectivity index (χ3n) is 7.29. The fourth-order valence-electron chi connectivity index (χ4n) is 4.84. The van der Waals surface area contributed by atoms with E-state index in [2.05, 4.69) is 20.9 Å². The molecule has 0 aromatic heterocycles. The van der Waals surface area contributed by atoms with Crippen molar-refractivity contribution in [2.75, 3.05) is 32.6 Å². The number of phenols is 1. The van der Waals surface area contributed by atoms with Crippen molar-refractivity contribution in [3.05, 3.63) is 64.7 Å². The molecule has 0 aliphatic heterocycles. The molecule has 2 aromatic rings. The number of hydrogen-bond acceptors (Lipinski definition) is 7. The van der Waals surface area contributed by atoms with E-state index in [1.54, 1.807) is 26.1 Å². The van der Waals surface area contributed by atoms with Crippen molar-refractivity contribution < 1.29 is 28.5 Å². The lowest BCUT2D eigenvalue weighted by molar-refractivity contribution is -0.137. The number of amides is 4.